The number of nitrogens with zero attached hydrogens (tertiary/aromatic N) is 1. The Kier molecular flexibility index (Phi) is 8.17. The minimum Gasteiger partial charge on any atom is -0.352 e. The summed E-state index contributed by atoms with van der Waals surface area (Å²) in [6, 6.07) is 11.5. The molecule has 0 aliphatic rings. The third-order valence-electron chi connectivity index (χ3n) is 4.26. The molecule has 0 bridgehead atoms. The molecule has 0 aliphatic carbocycles. The van der Waals surface area contributed by atoms with Gasteiger partial charge in [0.25, 0.3) is 0 Å². The second kappa shape index (κ2) is 10.1. The van der Waals surface area contributed by atoms with Gasteiger partial charge in [0.2, 0.25) is 11.8 Å². The third-order valence-corrected chi connectivity index (χ3v) is 5.22. The van der Waals surface area contributed by atoms with Gasteiger partial charge in [0.15, 0.2) is 0 Å². The highest BCUT2D eigenvalue weighted by atomic mass is 35.5. The van der Waals surface area contributed by atoms with Gasteiger partial charge in [-0.3, -0.25) is 9.59 Å². The summed E-state index contributed by atoms with van der Waals surface area (Å²) in [6.07, 6.45) is 0.137. The third kappa shape index (κ3) is 6.13. The van der Waals surface area contributed by atoms with Crippen molar-refractivity contribution in [2.24, 2.45) is 0 Å². The van der Waals surface area contributed by atoms with Crippen LogP contribution < -0.4 is 5.32 Å². The average molecular weight is 442 g/mol. The SMILES string of the molecule is CC(C)NC(=O)C(C)N(Cc1c(Cl)cccc1Cl)C(=O)Cc1ccc(Cl)cc1. The molecule has 0 fully saturated rings. The van der Waals surface area contributed by atoms with Gasteiger partial charge in [0, 0.05) is 33.2 Å². The van der Waals surface area contributed by atoms with Gasteiger partial charge in [-0.05, 0) is 50.6 Å². The maximum atomic E-state index is 13.1. The Morgan fingerprint density at radius 1 is 0.964 bits per heavy atom. The number of nitrogens with one attached hydrogen (secondary N) is 1. The van der Waals surface area contributed by atoms with Gasteiger partial charge >= 0.3 is 0 Å². The molecule has 1 atom stereocenters. The molecule has 1 N–H and O–H groups in total. The molecule has 2 aromatic rings. The molecule has 2 rings (SSSR count). The van der Waals surface area contributed by atoms with Crippen LogP contribution >= 0.6 is 34.8 Å². The first-order valence-corrected chi connectivity index (χ1v) is 10.1. The Morgan fingerprint density at radius 3 is 2.07 bits per heavy atom. The lowest BCUT2D eigenvalue weighted by Gasteiger charge is -2.30. The fraction of sp³-hybridized carbons (Fsp3) is 0.333. The Labute approximate surface area is 180 Å². The standard InChI is InChI=1S/C21H23Cl3N2O2/c1-13(2)25-21(28)14(3)26(12-17-18(23)5-4-6-19(17)24)20(27)11-15-7-9-16(22)10-8-15/h4-10,13-14H,11-12H2,1-3H3,(H,25,28). The van der Waals surface area contributed by atoms with Crippen molar-refractivity contribution in [2.45, 2.75) is 45.8 Å². The fourth-order valence-electron chi connectivity index (χ4n) is 2.72. The number of halogens is 3. The van der Waals surface area contributed by atoms with E-state index in [0.717, 1.165) is 5.56 Å². The second-order valence-electron chi connectivity index (χ2n) is 6.86. The molecule has 4 nitrogen and oxygen atoms in total. The van der Waals surface area contributed by atoms with E-state index in [-0.39, 0.29) is 30.8 Å². The van der Waals surface area contributed by atoms with Crippen LogP contribution in [0.4, 0.5) is 0 Å². The van der Waals surface area contributed by atoms with Gasteiger partial charge < -0.3 is 10.2 Å². The normalized spacial score (nSPS) is 12.0. The molecule has 0 aromatic heterocycles. The number of carbonyl (C=O) groups is 2. The molecule has 7 heteroatoms. The summed E-state index contributed by atoms with van der Waals surface area (Å²) in [4.78, 5) is 27.2. The van der Waals surface area contributed by atoms with E-state index < -0.39 is 6.04 Å². The summed E-state index contributed by atoms with van der Waals surface area (Å²) in [5.74, 6) is -0.438. The maximum absolute atomic E-state index is 13.1. The van der Waals surface area contributed by atoms with Gasteiger partial charge in [0.05, 0.1) is 6.42 Å². The zero-order chi connectivity index (χ0) is 20.8. The molecular formula is C21H23Cl3N2O2. The summed E-state index contributed by atoms with van der Waals surface area (Å²) in [5.41, 5.74) is 1.42. The second-order valence-corrected chi connectivity index (χ2v) is 8.12. The van der Waals surface area contributed by atoms with Crippen LogP contribution in [0.3, 0.4) is 0 Å². The number of hydrogen-bond donors (Lipinski definition) is 1. The van der Waals surface area contributed by atoms with Gasteiger partial charge in [-0.1, -0.05) is 53.0 Å². The fourth-order valence-corrected chi connectivity index (χ4v) is 3.36. The Balaban J connectivity index is 2.30. The number of benzene rings is 2. The largest absolute Gasteiger partial charge is 0.352 e. The molecule has 150 valence electrons. The zero-order valence-electron chi connectivity index (χ0n) is 16.0. The van der Waals surface area contributed by atoms with Gasteiger partial charge in [-0.25, -0.2) is 0 Å². The monoisotopic (exact) mass is 440 g/mol. The number of hydrogen-bond acceptors (Lipinski definition) is 2. The molecule has 2 amide bonds. The van der Waals surface area contributed by atoms with Crippen molar-refractivity contribution in [1.29, 1.82) is 0 Å². The van der Waals surface area contributed by atoms with Gasteiger partial charge in [-0.2, -0.15) is 0 Å². The maximum Gasteiger partial charge on any atom is 0.242 e. The van der Waals surface area contributed by atoms with E-state index in [4.69, 9.17) is 34.8 Å². The Bertz CT molecular complexity index is 818. The van der Waals surface area contributed by atoms with Crippen LogP contribution in [0.1, 0.15) is 31.9 Å². The summed E-state index contributed by atoms with van der Waals surface area (Å²) >= 11 is 18.5. The first-order chi connectivity index (χ1) is 13.2. The lowest BCUT2D eigenvalue weighted by molar-refractivity contribution is -0.140. The number of rotatable bonds is 7. The van der Waals surface area contributed by atoms with E-state index in [2.05, 4.69) is 5.32 Å². The first-order valence-electron chi connectivity index (χ1n) is 8.96. The number of carbonyl (C=O) groups excluding carboxylic acids is 2. The minimum atomic E-state index is -0.686. The molecule has 0 heterocycles. The highest BCUT2D eigenvalue weighted by molar-refractivity contribution is 6.36. The molecular weight excluding hydrogens is 419 g/mol. The van der Waals surface area contributed by atoms with Crippen LogP contribution in [0, 0.1) is 0 Å². The topological polar surface area (TPSA) is 49.4 Å². The van der Waals surface area contributed by atoms with E-state index in [1.165, 1.54) is 4.90 Å². The van der Waals surface area contributed by atoms with E-state index in [0.29, 0.717) is 20.6 Å². The summed E-state index contributed by atoms with van der Waals surface area (Å²) in [6.45, 7) is 5.57. The van der Waals surface area contributed by atoms with Crippen molar-refractivity contribution in [3.63, 3.8) is 0 Å². The van der Waals surface area contributed by atoms with E-state index in [1.807, 2.05) is 13.8 Å². The highest BCUT2D eigenvalue weighted by Crippen LogP contribution is 2.27. The van der Waals surface area contributed by atoms with E-state index in [9.17, 15) is 9.59 Å². The van der Waals surface area contributed by atoms with Crippen molar-refractivity contribution in [3.8, 4) is 0 Å². The van der Waals surface area contributed by atoms with Crippen molar-refractivity contribution < 1.29 is 9.59 Å². The molecule has 0 aliphatic heterocycles. The average Bonchev–Trinajstić information content (AvgIpc) is 2.62. The number of amides is 2. The van der Waals surface area contributed by atoms with Crippen LogP contribution in [0.25, 0.3) is 0 Å². The van der Waals surface area contributed by atoms with Crippen LogP contribution in [-0.2, 0) is 22.6 Å². The molecule has 0 saturated carbocycles. The smallest absolute Gasteiger partial charge is 0.242 e. The van der Waals surface area contributed by atoms with E-state index in [1.54, 1.807) is 49.4 Å². The lowest BCUT2D eigenvalue weighted by atomic mass is 10.1. The molecule has 0 saturated heterocycles. The molecule has 1 unspecified atom stereocenters. The summed E-state index contributed by atoms with van der Waals surface area (Å²) in [5, 5.41) is 4.35. The molecule has 28 heavy (non-hydrogen) atoms. The van der Waals surface area contributed by atoms with Crippen molar-refractivity contribution in [3.05, 3.63) is 68.7 Å². The molecule has 0 spiro atoms. The predicted octanol–water partition coefficient (Wildman–Crippen LogP) is 5.13. The van der Waals surface area contributed by atoms with Crippen LogP contribution in [0.15, 0.2) is 42.5 Å². The minimum absolute atomic E-state index is 0.0351. The van der Waals surface area contributed by atoms with E-state index >= 15 is 0 Å². The van der Waals surface area contributed by atoms with Crippen molar-refractivity contribution >= 4 is 46.6 Å². The predicted molar refractivity (Wildman–Crippen MR) is 115 cm³/mol. The molecule has 2 aromatic carbocycles. The Hall–Kier alpha value is -1.75. The van der Waals surface area contributed by atoms with Gasteiger partial charge in [0.1, 0.15) is 6.04 Å². The summed E-state index contributed by atoms with van der Waals surface area (Å²) in [7, 11) is 0. The van der Waals surface area contributed by atoms with Crippen LogP contribution in [0.5, 0.6) is 0 Å². The molecule has 0 radical (unpaired) electrons. The van der Waals surface area contributed by atoms with Gasteiger partial charge in [-0.15, -0.1) is 0 Å². The van der Waals surface area contributed by atoms with Crippen LogP contribution in [-0.4, -0.2) is 28.8 Å². The lowest BCUT2D eigenvalue weighted by Crippen LogP contribution is -2.49. The van der Waals surface area contributed by atoms with Crippen LogP contribution in [0.2, 0.25) is 15.1 Å². The van der Waals surface area contributed by atoms with Crippen molar-refractivity contribution in [1.82, 2.24) is 10.2 Å². The quantitative estimate of drug-likeness (QED) is 0.647. The van der Waals surface area contributed by atoms with Crippen molar-refractivity contribution in [2.75, 3.05) is 0 Å². The Morgan fingerprint density at radius 2 is 1.54 bits per heavy atom. The highest BCUT2D eigenvalue weighted by Gasteiger charge is 2.27. The first kappa shape index (κ1) is 22.5. The zero-order valence-corrected chi connectivity index (χ0v) is 18.3. The summed E-state index contributed by atoms with van der Waals surface area (Å²) < 4.78 is 0.